The summed E-state index contributed by atoms with van der Waals surface area (Å²) >= 11 is 5.04. The molecule has 0 aliphatic carbocycles. The molecule has 0 saturated heterocycles. The fourth-order valence-corrected chi connectivity index (χ4v) is 2.53. The second kappa shape index (κ2) is 6.54. The highest BCUT2D eigenvalue weighted by molar-refractivity contribution is 14.3. The number of rotatable bonds is 3. The Hall–Kier alpha value is 1.42. The second-order valence-corrected chi connectivity index (χ2v) is 17.8. The minimum absolute atomic E-state index is 0.443. The lowest BCUT2D eigenvalue weighted by molar-refractivity contribution is 0.960. The van der Waals surface area contributed by atoms with E-state index in [0.29, 0.717) is 0 Å². The van der Waals surface area contributed by atoms with E-state index in [1.807, 2.05) is 0 Å². The largest absolute Gasteiger partial charge is 0.199 e. The zero-order chi connectivity index (χ0) is 6.41. The van der Waals surface area contributed by atoms with Crippen LogP contribution >= 0.6 is 43.6 Å². The van der Waals surface area contributed by atoms with Crippen molar-refractivity contribution in [3.8, 4) is 0 Å². The highest BCUT2D eigenvalue weighted by atomic mass is 127. The SMILES string of the molecule is CCCC=C[SiH](I)I. The fraction of sp³-hybridized carbons (Fsp3) is 0.600. The van der Waals surface area contributed by atoms with Crippen LogP contribution in [0.1, 0.15) is 19.8 Å². The predicted octanol–water partition coefficient (Wildman–Crippen LogP) is 2.97. The first-order valence-electron chi connectivity index (χ1n) is 2.72. The quantitative estimate of drug-likeness (QED) is 0.416. The van der Waals surface area contributed by atoms with Gasteiger partial charge in [-0.15, -0.1) is 43.6 Å². The van der Waals surface area contributed by atoms with Crippen LogP contribution in [0.15, 0.2) is 11.8 Å². The molecule has 0 aromatic heterocycles. The van der Waals surface area contributed by atoms with Gasteiger partial charge in [-0.2, -0.15) is 0 Å². The van der Waals surface area contributed by atoms with Gasteiger partial charge in [0.05, 0.1) is 0 Å². The highest BCUT2D eigenvalue weighted by Crippen LogP contribution is 2.05. The molecule has 0 radical (unpaired) electrons. The summed E-state index contributed by atoms with van der Waals surface area (Å²) in [7, 11) is 0. The molecule has 0 heterocycles. The summed E-state index contributed by atoms with van der Waals surface area (Å²) in [5.41, 5.74) is 2.37. The zero-order valence-electron chi connectivity index (χ0n) is 4.90. The molecule has 0 atom stereocenters. The van der Waals surface area contributed by atoms with E-state index in [-0.39, 0.29) is 0 Å². The van der Waals surface area contributed by atoms with Gasteiger partial charge in [0.15, 0.2) is 3.79 Å². The van der Waals surface area contributed by atoms with Crippen LogP contribution in [0.25, 0.3) is 0 Å². The van der Waals surface area contributed by atoms with Crippen molar-refractivity contribution in [1.29, 1.82) is 0 Å². The molecule has 0 saturated carbocycles. The fourth-order valence-electron chi connectivity index (χ4n) is 0.366. The molecule has 0 N–H and O–H groups in total. The van der Waals surface area contributed by atoms with E-state index in [9.17, 15) is 0 Å². The summed E-state index contributed by atoms with van der Waals surface area (Å²) in [5.74, 6) is 0. The van der Waals surface area contributed by atoms with Crippen molar-refractivity contribution in [2.75, 3.05) is 0 Å². The minimum atomic E-state index is -0.443. The number of hydrogen-bond donors (Lipinski definition) is 0. The highest BCUT2D eigenvalue weighted by Gasteiger charge is 1.88. The lowest BCUT2D eigenvalue weighted by atomic mass is 10.3. The molecular weight excluding hydrogens is 342 g/mol. The van der Waals surface area contributed by atoms with Crippen molar-refractivity contribution in [1.82, 2.24) is 0 Å². The summed E-state index contributed by atoms with van der Waals surface area (Å²) < 4.78 is -0.443. The van der Waals surface area contributed by atoms with Gasteiger partial charge in [0.1, 0.15) is 0 Å². The summed E-state index contributed by atoms with van der Waals surface area (Å²) in [6.07, 6.45) is 4.84. The van der Waals surface area contributed by atoms with Crippen LogP contribution < -0.4 is 0 Å². The van der Waals surface area contributed by atoms with Crippen LogP contribution in [-0.4, -0.2) is 3.79 Å². The molecule has 0 aliphatic heterocycles. The third-order valence-electron chi connectivity index (χ3n) is 0.737. The molecule has 48 valence electrons. The normalized spacial score (nSPS) is 11.5. The number of allylic oxidation sites excluding steroid dienone is 1. The maximum absolute atomic E-state index is 2.52. The molecule has 0 amide bonds. The smallest absolute Gasteiger partial charge is 0.104 e. The Labute approximate surface area is 78.2 Å². The van der Waals surface area contributed by atoms with Gasteiger partial charge in [-0.1, -0.05) is 25.1 Å². The zero-order valence-corrected chi connectivity index (χ0v) is 10.4. The molecule has 0 fully saturated rings. The third-order valence-corrected chi connectivity index (χ3v) is 3.79. The van der Waals surface area contributed by atoms with Gasteiger partial charge >= 0.3 is 0 Å². The van der Waals surface area contributed by atoms with Crippen LogP contribution in [0.3, 0.4) is 0 Å². The van der Waals surface area contributed by atoms with E-state index in [4.69, 9.17) is 0 Å². The first-order valence-corrected chi connectivity index (χ1v) is 11.7. The molecular formula is C5H10I2Si. The molecule has 3 heteroatoms. The van der Waals surface area contributed by atoms with Gasteiger partial charge in [-0.3, -0.25) is 0 Å². The molecule has 0 aliphatic rings. The molecule has 0 spiro atoms. The van der Waals surface area contributed by atoms with Gasteiger partial charge in [0, 0.05) is 0 Å². The van der Waals surface area contributed by atoms with Crippen LogP contribution in [0.5, 0.6) is 0 Å². The van der Waals surface area contributed by atoms with Crippen molar-refractivity contribution >= 4 is 47.4 Å². The first-order chi connectivity index (χ1) is 3.77. The summed E-state index contributed by atoms with van der Waals surface area (Å²) in [5, 5.41) is 0. The van der Waals surface area contributed by atoms with Crippen LogP contribution in [-0.2, 0) is 0 Å². The van der Waals surface area contributed by atoms with E-state index < -0.39 is 3.79 Å². The Balaban J connectivity index is 3.07. The summed E-state index contributed by atoms with van der Waals surface area (Å²) in [6, 6.07) is 0. The maximum Gasteiger partial charge on any atom is 0.199 e. The van der Waals surface area contributed by atoms with E-state index in [0.717, 1.165) is 0 Å². The molecule has 0 unspecified atom stereocenters. The number of unbranched alkanes of at least 4 members (excludes halogenated alkanes) is 1. The minimum Gasteiger partial charge on any atom is -0.104 e. The molecule has 0 rings (SSSR count). The van der Waals surface area contributed by atoms with Crippen LogP contribution in [0.2, 0.25) is 0 Å². The van der Waals surface area contributed by atoms with Gasteiger partial charge in [-0.25, -0.2) is 0 Å². The van der Waals surface area contributed by atoms with E-state index >= 15 is 0 Å². The van der Waals surface area contributed by atoms with Gasteiger partial charge < -0.3 is 0 Å². The average Bonchev–Trinajstić information content (AvgIpc) is 1.66. The van der Waals surface area contributed by atoms with Gasteiger partial charge in [0.2, 0.25) is 0 Å². The molecule has 0 bridgehead atoms. The van der Waals surface area contributed by atoms with Crippen molar-refractivity contribution in [2.24, 2.45) is 0 Å². The lowest BCUT2D eigenvalue weighted by Crippen LogP contribution is -1.79. The molecule has 0 nitrogen and oxygen atoms in total. The Morgan fingerprint density at radius 2 is 2.12 bits per heavy atom. The van der Waals surface area contributed by atoms with Crippen molar-refractivity contribution in [2.45, 2.75) is 19.8 Å². The van der Waals surface area contributed by atoms with Crippen LogP contribution in [0.4, 0.5) is 0 Å². The summed E-state index contributed by atoms with van der Waals surface area (Å²) in [4.78, 5) is 0. The maximum atomic E-state index is 2.52. The monoisotopic (exact) mass is 352 g/mol. The van der Waals surface area contributed by atoms with Crippen molar-refractivity contribution in [3.63, 3.8) is 0 Å². The van der Waals surface area contributed by atoms with Gasteiger partial charge in [0.25, 0.3) is 0 Å². The van der Waals surface area contributed by atoms with Crippen LogP contribution in [0, 0.1) is 0 Å². The summed E-state index contributed by atoms with van der Waals surface area (Å²) in [6.45, 7) is 2.21. The Bertz CT molecular complexity index is 70.8. The Kier molecular flexibility index (Phi) is 7.69. The third kappa shape index (κ3) is 7.42. The van der Waals surface area contributed by atoms with Crippen molar-refractivity contribution < 1.29 is 0 Å². The molecule has 8 heavy (non-hydrogen) atoms. The van der Waals surface area contributed by atoms with E-state index in [1.165, 1.54) is 12.8 Å². The second-order valence-electron chi connectivity index (χ2n) is 1.55. The Morgan fingerprint density at radius 3 is 2.50 bits per heavy atom. The standard InChI is InChI=1S/C5H10I2Si/c1-2-3-4-5-8(6)7/h4-5,8H,2-3H2,1H3. The number of halogens is 2. The average molecular weight is 352 g/mol. The van der Waals surface area contributed by atoms with E-state index in [1.54, 1.807) is 0 Å². The molecule has 0 aromatic carbocycles. The van der Waals surface area contributed by atoms with E-state index in [2.05, 4.69) is 62.3 Å². The lowest BCUT2D eigenvalue weighted by Gasteiger charge is -1.85. The number of hydrogen-bond acceptors (Lipinski definition) is 0. The van der Waals surface area contributed by atoms with Gasteiger partial charge in [-0.05, 0) is 6.42 Å². The molecule has 0 aromatic rings. The van der Waals surface area contributed by atoms with Crippen molar-refractivity contribution in [3.05, 3.63) is 11.8 Å². The first kappa shape index (κ1) is 9.42. The predicted molar refractivity (Wildman–Crippen MR) is 59.2 cm³/mol. The topological polar surface area (TPSA) is 0 Å². The Morgan fingerprint density at radius 1 is 1.50 bits per heavy atom.